The molecule has 1 atom stereocenters. The Bertz CT molecular complexity index is 930. The van der Waals surface area contributed by atoms with Gasteiger partial charge in [-0.3, -0.25) is 9.48 Å². The van der Waals surface area contributed by atoms with Gasteiger partial charge in [0.2, 0.25) is 0 Å². The Labute approximate surface area is 172 Å². The van der Waals surface area contributed by atoms with Crippen molar-refractivity contribution in [3.63, 3.8) is 0 Å². The molecule has 5 heteroatoms. The number of nitrogens with zero attached hydrogens (tertiary/aromatic N) is 2. The zero-order valence-electron chi connectivity index (χ0n) is 16.8. The average Bonchev–Trinajstić information content (AvgIpc) is 3.14. The molecule has 2 N–H and O–H groups in total. The van der Waals surface area contributed by atoms with Crippen molar-refractivity contribution in [3.8, 4) is 0 Å². The molecule has 3 aromatic rings. The molecule has 2 heterocycles. The molecule has 29 heavy (non-hydrogen) atoms. The van der Waals surface area contributed by atoms with Gasteiger partial charge in [0.15, 0.2) is 0 Å². The number of aromatic nitrogens is 2. The maximum Gasteiger partial charge on any atom is 0.270 e. The average molecular weight is 389 g/mol. The van der Waals surface area contributed by atoms with Crippen molar-refractivity contribution < 1.29 is 4.79 Å². The number of aryl methyl sites for hydroxylation is 1. The molecule has 0 saturated carbocycles. The molecule has 2 aromatic carbocycles. The molecular weight excluding hydrogens is 360 g/mol. The number of carbonyl (C=O) groups excluding carboxylic acids is 1. The number of benzene rings is 2. The van der Waals surface area contributed by atoms with E-state index in [1.165, 1.54) is 5.56 Å². The van der Waals surface area contributed by atoms with Crippen LogP contribution in [0.1, 0.15) is 46.2 Å². The van der Waals surface area contributed by atoms with Crippen molar-refractivity contribution in [1.82, 2.24) is 20.4 Å². The molecule has 0 spiro atoms. The minimum atomic E-state index is -0.0612. The molecule has 1 aliphatic heterocycles. The first-order chi connectivity index (χ1) is 14.2. The van der Waals surface area contributed by atoms with Gasteiger partial charge in [-0.1, -0.05) is 60.7 Å². The van der Waals surface area contributed by atoms with Crippen molar-refractivity contribution in [2.24, 2.45) is 5.92 Å². The van der Waals surface area contributed by atoms with Gasteiger partial charge in [-0.2, -0.15) is 5.10 Å². The van der Waals surface area contributed by atoms with E-state index in [0.717, 1.165) is 37.2 Å². The first-order valence-corrected chi connectivity index (χ1v) is 10.4. The topological polar surface area (TPSA) is 59.0 Å². The monoisotopic (exact) mass is 388 g/mol. The highest BCUT2D eigenvalue weighted by molar-refractivity contribution is 5.93. The van der Waals surface area contributed by atoms with Crippen molar-refractivity contribution in [3.05, 3.63) is 89.2 Å². The van der Waals surface area contributed by atoms with Crippen molar-refractivity contribution in [2.45, 2.75) is 32.4 Å². The number of carbonyl (C=O) groups is 1. The Morgan fingerprint density at radius 2 is 1.76 bits per heavy atom. The lowest BCUT2D eigenvalue weighted by Crippen LogP contribution is -2.39. The van der Waals surface area contributed by atoms with Gasteiger partial charge in [0.05, 0.1) is 18.3 Å². The fourth-order valence-corrected chi connectivity index (χ4v) is 4.13. The van der Waals surface area contributed by atoms with Gasteiger partial charge in [0.25, 0.3) is 5.91 Å². The SMILES string of the molecule is Cc1cc(C(=O)NC(c2ccccc2)C2CCNCC2)n(Cc2ccccc2)n1. The number of hydrogen-bond acceptors (Lipinski definition) is 3. The van der Waals surface area contributed by atoms with E-state index in [4.69, 9.17) is 0 Å². The third kappa shape index (κ3) is 4.74. The Morgan fingerprint density at radius 3 is 2.45 bits per heavy atom. The molecule has 0 radical (unpaired) electrons. The Balaban J connectivity index is 1.58. The summed E-state index contributed by atoms with van der Waals surface area (Å²) in [6.07, 6.45) is 2.12. The fraction of sp³-hybridized carbons (Fsp3) is 0.333. The molecule has 1 aliphatic rings. The summed E-state index contributed by atoms with van der Waals surface area (Å²) in [5.41, 5.74) is 3.76. The van der Waals surface area contributed by atoms with E-state index < -0.39 is 0 Å². The third-order valence-corrected chi connectivity index (χ3v) is 5.61. The van der Waals surface area contributed by atoms with Gasteiger partial charge in [-0.05, 0) is 56.0 Å². The summed E-state index contributed by atoms with van der Waals surface area (Å²) in [4.78, 5) is 13.3. The number of nitrogens with one attached hydrogen (secondary N) is 2. The second kappa shape index (κ2) is 9.05. The van der Waals surface area contributed by atoms with Gasteiger partial charge in [0.1, 0.15) is 5.69 Å². The third-order valence-electron chi connectivity index (χ3n) is 5.61. The predicted molar refractivity (Wildman–Crippen MR) is 115 cm³/mol. The lowest BCUT2D eigenvalue weighted by atomic mass is 9.86. The van der Waals surface area contributed by atoms with Crippen LogP contribution < -0.4 is 10.6 Å². The minimum absolute atomic E-state index is 0.00572. The van der Waals surface area contributed by atoms with Gasteiger partial charge in [-0.15, -0.1) is 0 Å². The van der Waals surface area contributed by atoms with Crippen LogP contribution >= 0.6 is 0 Å². The molecule has 0 aliphatic carbocycles. The zero-order valence-corrected chi connectivity index (χ0v) is 16.8. The van der Waals surface area contributed by atoms with Crippen molar-refractivity contribution in [1.29, 1.82) is 0 Å². The lowest BCUT2D eigenvalue weighted by molar-refractivity contribution is 0.0903. The minimum Gasteiger partial charge on any atom is -0.344 e. The molecule has 0 bridgehead atoms. The van der Waals surface area contributed by atoms with Crippen molar-refractivity contribution in [2.75, 3.05) is 13.1 Å². The van der Waals surface area contributed by atoms with Crippen LogP contribution in [0.4, 0.5) is 0 Å². The van der Waals surface area contributed by atoms with Crippen LogP contribution in [0.2, 0.25) is 0 Å². The summed E-state index contributed by atoms with van der Waals surface area (Å²) in [7, 11) is 0. The maximum absolute atomic E-state index is 13.3. The summed E-state index contributed by atoms with van der Waals surface area (Å²) in [5, 5.41) is 11.3. The summed E-state index contributed by atoms with van der Waals surface area (Å²) < 4.78 is 1.81. The number of piperidine rings is 1. The standard InChI is InChI=1S/C24H28N4O/c1-18-16-22(28(27-18)17-19-8-4-2-5-9-19)24(29)26-23(20-10-6-3-7-11-20)21-12-14-25-15-13-21/h2-11,16,21,23,25H,12-15,17H2,1H3,(H,26,29). The highest BCUT2D eigenvalue weighted by Crippen LogP contribution is 2.29. The molecule has 1 aromatic heterocycles. The predicted octanol–water partition coefficient (Wildman–Crippen LogP) is 3.71. The molecular formula is C24H28N4O. The number of rotatable bonds is 6. The van der Waals surface area contributed by atoms with Gasteiger partial charge < -0.3 is 10.6 Å². The van der Waals surface area contributed by atoms with E-state index in [-0.39, 0.29) is 11.9 Å². The van der Waals surface area contributed by atoms with E-state index in [1.807, 2.05) is 54.1 Å². The van der Waals surface area contributed by atoms with Crippen LogP contribution in [0.15, 0.2) is 66.7 Å². The first kappa shape index (κ1) is 19.4. The molecule has 1 amide bonds. The molecule has 1 unspecified atom stereocenters. The van der Waals surface area contributed by atoms with Crippen LogP contribution in [0.5, 0.6) is 0 Å². The summed E-state index contributed by atoms with van der Waals surface area (Å²) in [5.74, 6) is 0.364. The Hall–Kier alpha value is -2.92. The summed E-state index contributed by atoms with van der Waals surface area (Å²) in [6.45, 7) is 4.50. The smallest absolute Gasteiger partial charge is 0.270 e. The van der Waals surface area contributed by atoms with E-state index in [9.17, 15) is 4.79 Å². The zero-order chi connectivity index (χ0) is 20.1. The van der Waals surface area contributed by atoms with Crippen LogP contribution in [0.3, 0.4) is 0 Å². The second-order valence-corrected chi connectivity index (χ2v) is 7.76. The van der Waals surface area contributed by atoms with Crippen LogP contribution in [-0.2, 0) is 6.54 Å². The number of amides is 1. The van der Waals surface area contributed by atoms with Gasteiger partial charge in [-0.25, -0.2) is 0 Å². The lowest BCUT2D eigenvalue weighted by Gasteiger charge is -2.31. The van der Waals surface area contributed by atoms with Crippen molar-refractivity contribution >= 4 is 5.91 Å². The van der Waals surface area contributed by atoms with Gasteiger partial charge in [0, 0.05) is 0 Å². The summed E-state index contributed by atoms with van der Waals surface area (Å²) in [6, 6.07) is 22.3. The highest BCUT2D eigenvalue weighted by Gasteiger charge is 2.28. The second-order valence-electron chi connectivity index (χ2n) is 7.76. The molecule has 4 rings (SSSR count). The van der Waals surface area contributed by atoms with E-state index in [1.54, 1.807) is 0 Å². The summed E-state index contributed by atoms with van der Waals surface area (Å²) >= 11 is 0. The Morgan fingerprint density at radius 1 is 1.10 bits per heavy atom. The normalized spacial score (nSPS) is 15.8. The largest absolute Gasteiger partial charge is 0.344 e. The molecule has 5 nitrogen and oxygen atoms in total. The molecule has 150 valence electrons. The van der Waals surface area contributed by atoms with E-state index in [0.29, 0.717) is 18.2 Å². The maximum atomic E-state index is 13.3. The Kier molecular flexibility index (Phi) is 6.06. The highest BCUT2D eigenvalue weighted by atomic mass is 16.2. The fourth-order valence-electron chi connectivity index (χ4n) is 4.13. The van der Waals surface area contributed by atoms with Crippen LogP contribution in [-0.4, -0.2) is 28.8 Å². The number of hydrogen-bond donors (Lipinski definition) is 2. The van der Waals surface area contributed by atoms with Crippen LogP contribution in [0, 0.1) is 12.8 Å². The van der Waals surface area contributed by atoms with Crippen LogP contribution in [0.25, 0.3) is 0 Å². The van der Waals surface area contributed by atoms with E-state index >= 15 is 0 Å². The van der Waals surface area contributed by atoms with Gasteiger partial charge >= 0.3 is 0 Å². The molecule has 1 saturated heterocycles. The van der Waals surface area contributed by atoms with E-state index in [2.05, 4.69) is 40.0 Å². The quantitative estimate of drug-likeness (QED) is 0.677. The molecule has 1 fully saturated rings. The first-order valence-electron chi connectivity index (χ1n) is 10.4.